The summed E-state index contributed by atoms with van der Waals surface area (Å²) in [7, 11) is 1.43. The van der Waals surface area contributed by atoms with Gasteiger partial charge in [0.15, 0.2) is 17.4 Å². The maximum absolute atomic E-state index is 13.8. The molecule has 0 atom stereocenters. The number of benzene rings is 1. The summed E-state index contributed by atoms with van der Waals surface area (Å²) in [5.74, 6) is 0.774. The minimum Gasteiger partial charge on any atom is -0.493 e. The number of nitrogens with zero attached hydrogens (tertiary/aromatic N) is 6. The third-order valence-corrected chi connectivity index (χ3v) is 8.29. The molecule has 202 valence electrons. The number of piperidine rings is 1. The summed E-state index contributed by atoms with van der Waals surface area (Å²) in [4.78, 5) is 8.40. The zero-order valence-electron chi connectivity index (χ0n) is 20.8. The van der Waals surface area contributed by atoms with Gasteiger partial charge in [-0.2, -0.15) is 13.2 Å². The van der Waals surface area contributed by atoms with E-state index in [1.807, 2.05) is 18.2 Å². The van der Waals surface area contributed by atoms with Crippen LogP contribution in [-0.2, 0) is 13.1 Å². The standard InChI is InChI=1S/C26H27ClF4N6O/c1-38-22-11-23(32-12-20(22)28)35-6-4-15(5-7-35)25-34-33-24-14-36(19-9-17(10-19)26(29,30)31)13-16-8-18(27)2-3-21(16)37(24)25/h2-3,8,11-12,15,17,19H,4-7,9-10,13-14H2,1H3. The van der Waals surface area contributed by atoms with Gasteiger partial charge >= 0.3 is 6.18 Å². The first-order chi connectivity index (χ1) is 18.2. The average molecular weight is 551 g/mol. The Balaban J connectivity index is 1.24. The summed E-state index contributed by atoms with van der Waals surface area (Å²) >= 11 is 6.33. The van der Waals surface area contributed by atoms with E-state index in [1.54, 1.807) is 6.07 Å². The molecular weight excluding hydrogens is 524 g/mol. The van der Waals surface area contributed by atoms with Crippen LogP contribution in [0.15, 0.2) is 30.5 Å². The summed E-state index contributed by atoms with van der Waals surface area (Å²) < 4.78 is 60.5. The van der Waals surface area contributed by atoms with Gasteiger partial charge in [-0.25, -0.2) is 9.37 Å². The topological polar surface area (TPSA) is 59.3 Å². The van der Waals surface area contributed by atoms with E-state index in [9.17, 15) is 17.6 Å². The van der Waals surface area contributed by atoms with Crippen molar-refractivity contribution in [2.24, 2.45) is 5.92 Å². The number of methoxy groups -OCH3 is 1. The monoisotopic (exact) mass is 550 g/mol. The average Bonchev–Trinajstić information content (AvgIpc) is 3.19. The summed E-state index contributed by atoms with van der Waals surface area (Å²) in [6, 6.07) is 7.10. The molecule has 3 aromatic rings. The van der Waals surface area contributed by atoms with Gasteiger partial charge in [0.05, 0.1) is 31.5 Å². The Bertz CT molecular complexity index is 1330. The summed E-state index contributed by atoms with van der Waals surface area (Å²) in [5, 5.41) is 9.68. The Kier molecular flexibility index (Phi) is 6.46. The molecule has 2 fully saturated rings. The van der Waals surface area contributed by atoms with Crippen LogP contribution in [0.4, 0.5) is 23.4 Å². The lowest BCUT2D eigenvalue weighted by atomic mass is 9.78. The number of hydrogen-bond acceptors (Lipinski definition) is 6. The van der Waals surface area contributed by atoms with Gasteiger partial charge in [0.1, 0.15) is 11.6 Å². The van der Waals surface area contributed by atoms with Crippen molar-refractivity contribution in [3.8, 4) is 11.4 Å². The van der Waals surface area contributed by atoms with E-state index in [-0.39, 0.29) is 30.6 Å². The van der Waals surface area contributed by atoms with Gasteiger partial charge in [-0.15, -0.1) is 10.2 Å². The van der Waals surface area contributed by atoms with Crippen molar-refractivity contribution >= 4 is 17.4 Å². The van der Waals surface area contributed by atoms with Crippen molar-refractivity contribution in [1.82, 2.24) is 24.6 Å². The quantitative estimate of drug-likeness (QED) is 0.400. The number of ether oxygens (including phenoxy) is 1. The number of pyridine rings is 1. The molecule has 0 spiro atoms. The van der Waals surface area contributed by atoms with Crippen molar-refractivity contribution < 1.29 is 22.3 Å². The highest BCUT2D eigenvalue weighted by Crippen LogP contribution is 2.45. The van der Waals surface area contributed by atoms with Crippen molar-refractivity contribution in [3.05, 3.63) is 58.5 Å². The number of fused-ring (bicyclic) bond motifs is 3. The number of aromatic nitrogens is 4. The molecule has 4 heterocycles. The van der Waals surface area contributed by atoms with Gasteiger partial charge in [0.2, 0.25) is 0 Å². The minimum atomic E-state index is -4.15. The number of halogens is 5. The maximum atomic E-state index is 13.8. The Morgan fingerprint density at radius 3 is 2.53 bits per heavy atom. The molecule has 2 aromatic heterocycles. The SMILES string of the molecule is COc1cc(N2CCC(c3nnc4n3-c3ccc(Cl)cc3CN(C3CC(C(F)(F)F)C3)C4)CC2)ncc1F. The molecule has 6 rings (SSSR count). The fraction of sp³-hybridized carbons (Fsp3) is 0.500. The van der Waals surface area contributed by atoms with E-state index >= 15 is 0 Å². The van der Waals surface area contributed by atoms with Gasteiger partial charge in [0, 0.05) is 42.7 Å². The molecule has 0 unspecified atom stereocenters. The van der Waals surface area contributed by atoms with Crippen LogP contribution < -0.4 is 9.64 Å². The van der Waals surface area contributed by atoms with Crippen LogP contribution in [-0.4, -0.2) is 57.1 Å². The Hall–Kier alpha value is -2.92. The third kappa shape index (κ3) is 4.59. The molecule has 1 aliphatic carbocycles. The molecule has 1 saturated heterocycles. The van der Waals surface area contributed by atoms with E-state index in [0.29, 0.717) is 37.0 Å². The largest absolute Gasteiger partial charge is 0.493 e. The molecular formula is C26H27ClF4N6O. The van der Waals surface area contributed by atoms with Crippen molar-refractivity contribution in [1.29, 1.82) is 0 Å². The van der Waals surface area contributed by atoms with E-state index in [2.05, 4.69) is 29.5 Å². The highest BCUT2D eigenvalue weighted by molar-refractivity contribution is 6.30. The van der Waals surface area contributed by atoms with Crippen LogP contribution in [0.1, 0.15) is 48.8 Å². The molecule has 7 nitrogen and oxygen atoms in total. The lowest BCUT2D eigenvalue weighted by Gasteiger charge is -2.43. The smallest absolute Gasteiger partial charge is 0.391 e. The molecule has 0 N–H and O–H groups in total. The molecule has 0 radical (unpaired) electrons. The Morgan fingerprint density at radius 2 is 1.82 bits per heavy atom. The highest BCUT2D eigenvalue weighted by atomic mass is 35.5. The minimum absolute atomic E-state index is 0.0983. The Morgan fingerprint density at radius 1 is 1.05 bits per heavy atom. The number of alkyl halides is 3. The van der Waals surface area contributed by atoms with Gasteiger partial charge in [-0.05, 0) is 49.4 Å². The second-order valence-corrected chi connectivity index (χ2v) is 10.7. The van der Waals surface area contributed by atoms with Gasteiger partial charge in [-0.3, -0.25) is 9.47 Å². The van der Waals surface area contributed by atoms with Gasteiger partial charge in [0.25, 0.3) is 0 Å². The maximum Gasteiger partial charge on any atom is 0.391 e. The van der Waals surface area contributed by atoms with E-state index < -0.39 is 17.9 Å². The van der Waals surface area contributed by atoms with Crippen LogP contribution in [0.25, 0.3) is 5.69 Å². The first-order valence-corrected chi connectivity index (χ1v) is 13.1. The molecule has 12 heteroatoms. The van der Waals surface area contributed by atoms with Crippen molar-refractivity contribution in [3.63, 3.8) is 0 Å². The molecule has 38 heavy (non-hydrogen) atoms. The summed E-state index contributed by atoms with van der Waals surface area (Å²) in [6.07, 6.45) is -1.20. The highest BCUT2D eigenvalue weighted by Gasteiger charge is 2.50. The van der Waals surface area contributed by atoms with Crippen LogP contribution in [0.3, 0.4) is 0 Å². The molecule has 0 amide bonds. The predicted molar refractivity (Wildman–Crippen MR) is 133 cm³/mol. The normalized spacial score (nSPS) is 22.4. The fourth-order valence-electron chi connectivity index (χ4n) is 5.83. The molecule has 3 aliphatic rings. The van der Waals surface area contributed by atoms with Crippen molar-refractivity contribution in [2.45, 2.75) is 56.9 Å². The van der Waals surface area contributed by atoms with E-state index in [1.165, 1.54) is 13.3 Å². The zero-order chi connectivity index (χ0) is 26.6. The van der Waals surface area contributed by atoms with Crippen LogP contribution in [0.2, 0.25) is 5.02 Å². The Labute approximate surface area is 222 Å². The van der Waals surface area contributed by atoms with E-state index in [4.69, 9.17) is 16.3 Å². The second-order valence-electron chi connectivity index (χ2n) is 10.3. The van der Waals surface area contributed by atoms with Crippen LogP contribution in [0.5, 0.6) is 5.75 Å². The number of hydrogen-bond donors (Lipinski definition) is 0. The lowest BCUT2D eigenvalue weighted by molar-refractivity contribution is -0.207. The molecule has 0 bridgehead atoms. The molecule has 2 aliphatic heterocycles. The van der Waals surface area contributed by atoms with E-state index in [0.717, 1.165) is 35.7 Å². The zero-order valence-corrected chi connectivity index (χ0v) is 21.5. The molecule has 1 saturated carbocycles. The second kappa shape index (κ2) is 9.68. The first-order valence-electron chi connectivity index (χ1n) is 12.7. The third-order valence-electron chi connectivity index (χ3n) is 8.06. The predicted octanol–water partition coefficient (Wildman–Crippen LogP) is 5.50. The first kappa shape index (κ1) is 25.4. The number of rotatable bonds is 4. The number of anilines is 1. The van der Waals surface area contributed by atoms with Crippen molar-refractivity contribution in [2.75, 3.05) is 25.1 Å². The fourth-order valence-corrected chi connectivity index (χ4v) is 6.03. The van der Waals surface area contributed by atoms with Crippen LogP contribution >= 0.6 is 11.6 Å². The van der Waals surface area contributed by atoms with Gasteiger partial charge in [-0.1, -0.05) is 11.6 Å². The lowest BCUT2D eigenvalue weighted by Crippen LogP contribution is -2.48. The molecule has 1 aromatic carbocycles. The summed E-state index contributed by atoms with van der Waals surface area (Å²) in [6.45, 7) is 2.33. The van der Waals surface area contributed by atoms with Crippen LogP contribution in [0, 0.1) is 11.7 Å². The van der Waals surface area contributed by atoms with Gasteiger partial charge < -0.3 is 9.64 Å². The summed E-state index contributed by atoms with van der Waals surface area (Å²) in [5.41, 5.74) is 1.87.